The van der Waals surface area contributed by atoms with Gasteiger partial charge in [0.1, 0.15) is 17.7 Å². The number of amides is 2. The summed E-state index contributed by atoms with van der Waals surface area (Å²) in [7, 11) is 1.26. The van der Waals surface area contributed by atoms with Gasteiger partial charge in [-0.05, 0) is 43.9 Å². The third-order valence-corrected chi connectivity index (χ3v) is 5.42. The van der Waals surface area contributed by atoms with Crippen LogP contribution >= 0.6 is 0 Å². The molecule has 1 aromatic carbocycles. The van der Waals surface area contributed by atoms with Crippen molar-refractivity contribution < 1.29 is 28.6 Å². The number of carbonyl (C=O) groups is 3. The molecule has 1 saturated heterocycles. The molecule has 0 N–H and O–H groups in total. The van der Waals surface area contributed by atoms with Gasteiger partial charge in [-0.2, -0.15) is 0 Å². The van der Waals surface area contributed by atoms with Gasteiger partial charge in [0.05, 0.1) is 13.7 Å². The predicted molar refractivity (Wildman–Crippen MR) is 114 cm³/mol. The number of ether oxygens (including phenoxy) is 3. The van der Waals surface area contributed by atoms with E-state index in [1.54, 1.807) is 31.7 Å². The molecule has 0 aromatic heterocycles. The molecule has 2 heterocycles. The van der Waals surface area contributed by atoms with Gasteiger partial charge in [0.15, 0.2) is 0 Å². The maximum Gasteiger partial charge on any atom is 0.411 e. The van der Waals surface area contributed by atoms with E-state index in [0.29, 0.717) is 13.1 Å². The van der Waals surface area contributed by atoms with Crippen LogP contribution in [0.2, 0.25) is 0 Å². The molecule has 31 heavy (non-hydrogen) atoms. The first-order valence-corrected chi connectivity index (χ1v) is 10.4. The van der Waals surface area contributed by atoms with Crippen LogP contribution in [-0.2, 0) is 32.0 Å². The van der Waals surface area contributed by atoms with E-state index >= 15 is 0 Å². The van der Waals surface area contributed by atoms with Gasteiger partial charge in [0, 0.05) is 19.5 Å². The lowest BCUT2D eigenvalue weighted by Crippen LogP contribution is -2.44. The Morgan fingerprint density at radius 1 is 1.19 bits per heavy atom. The molecule has 2 aliphatic heterocycles. The first-order valence-electron chi connectivity index (χ1n) is 10.4. The highest BCUT2D eigenvalue weighted by Gasteiger charge is 2.44. The van der Waals surface area contributed by atoms with Crippen LogP contribution in [0.25, 0.3) is 6.08 Å². The van der Waals surface area contributed by atoms with Crippen LogP contribution in [0.4, 0.5) is 9.59 Å². The molecule has 2 amide bonds. The second kappa shape index (κ2) is 8.99. The zero-order valence-corrected chi connectivity index (χ0v) is 18.6. The third kappa shape index (κ3) is 5.18. The Hall–Kier alpha value is -3.03. The topological polar surface area (TPSA) is 85.4 Å². The molecule has 0 bridgehead atoms. The minimum absolute atomic E-state index is 0.0722. The Labute approximate surface area is 182 Å². The zero-order chi connectivity index (χ0) is 22.8. The van der Waals surface area contributed by atoms with Crippen molar-refractivity contribution >= 4 is 24.2 Å². The second-order valence-electron chi connectivity index (χ2n) is 8.77. The summed E-state index contributed by atoms with van der Waals surface area (Å²) < 4.78 is 15.9. The van der Waals surface area contributed by atoms with Gasteiger partial charge < -0.3 is 19.1 Å². The fraction of sp³-hybridized carbons (Fsp3) is 0.522. The van der Waals surface area contributed by atoms with Crippen LogP contribution in [0.1, 0.15) is 43.9 Å². The van der Waals surface area contributed by atoms with Crippen molar-refractivity contribution in [3.63, 3.8) is 0 Å². The highest BCUT2D eigenvalue weighted by Crippen LogP contribution is 2.27. The monoisotopic (exact) mass is 430 g/mol. The maximum absolute atomic E-state index is 12.8. The molecule has 0 aliphatic carbocycles. The van der Waals surface area contributed by atoms with E-state index in [9.17, 15) is 14.4 Å². The molecule has 168 valence electrons. The van der Waals surface area contributed by atoms with Crippen LogP contribution in [0, 0.1) is 0 Å². The zero-order valence-electron chi connectivity index (χ0n) is 18.6. The van der Waals surface area contributed by atoms with Gasteiger partial charge in [-0.1, -0.05) is 30.9 Å². The highest BCUT2D eigenvalue weighted by atomic mass is 16.6. The molecule has 1 fully saturated rings. The average molecular weight is 431 g/mol. The lowest BCUT2D eigenvalue weighted by atomic mass is 9.95. The Bertz CT molecular complexity index is 875. The number of methoxy groups -OCH3 is 1. The number of carbonyl (C=O) groups excluding carboxylic acids is 3. The number of benzene rings is 1. The Balaban J connectivity index is 1.68. The smallest absolute Gasteiger partial charge is 0.411 e. The first kappa shape index (κ1) is 22.7. The summed E-state index contributed by atoms with van der Waals surface area (Å²) in [6.07, 6.45) is 0.948. The van der Waals surface area contributed by atoms with Crippen molar-refractivity contribution in [2.75, 3.05) is 20.2 Å². The largest absolute Gasteiger partial charge is 0.467 e. The summed E-state index contributed by atoms with van der Waals surface area (Å²) >= 11 is 0. The highest BCUT2D eigenvalue weighted by molar-refractivity contribution is 5.82. The molecule has 2 aliphatic rings. The van der Waals surface area contributed by atoms with Crippen molar-refractivity contribution in [2.24, 2.45) is 0 Å². The van der Waals surface area contributed by atoms with Crippen molar-refractivity contribution in [3.05, 3.63) is 41.5 Å². The van der Waals surface area contributed by atoms with E-state index in [1.807, 2.05) is 12.1 Å². The van der Waals surface area contributed by atoms with Gasteiger partial charge in [0.2, 0.25) is 0 Å². The van der Waals surface area contributed by atoms with Crippen LogP contribution in [0.15, 0.2) is 24.8 Å². The number of nitrogens with zero attached hydrogens (tertiary/aromatic N) is 2. The lowest BCUT2D eigenvalue weighted by molar-refractivity contribution is -0.145. The predicted octanol–water partition coefficient (Wildman–Crippen LogP) is 3.38. The summed E-state index contributed by atoms with van der Waals surface area (Å²) in [6.45, 7) is 10.1. The molecule has 8 heteroatoms. The Kier molecular flexibility index (Phi) is 6.57. The number of rotatable bonds is 3. The fourth-order valence-electron chi connectivity index (χ4n) is 3.94. The number of hydrogen-bond donors (Lipinski definition) is 0. The molecular weight excluding hydrogens is 400 g/mol. The summed E-state index contributed by atoms with van der Waals surface area (Å²) in [5, 5.41) is 0. The number of fused-ring (bicyclic) bond motifs is 1. The van der Waals surface area contributed by atoms with Crippen molar-refractivity contribution in [2.45, 2.75) is 57.9 Å². The first-order chi connectivity index (χ1) is 14.6. The third-order valence-electron chi connectivity index (χ3n) is 5.42. The van der Waals surface area contributed by atoms with Crippen LogP contribution in [0.3, 0.4) is 0 Å². The van der Waals surface area contributed by atoms with E-state index in [2.05, 4.69) is 12.6 Å². The maximum atomic E-state index is 12.8. The molecule has 0 unspecified atom stereocenters. The fourth-order valence-corrected chi connectivity index (χ4v) is 3.94. The van der Waals surface area contributed by atoms with Gasteiger partial charge in [0.25, 0.3) is 0 Å². The van der Waals surface area contributed by atoms with Crippen LogP contribution < -0.4 is 0 Å². The average Bonchev–Trinajstić information content (AvgIpc) is 3.15. The van der Waals surface area contributed by atoms with E-state index in [1.165, 1.54) is 17.6 Å². The molecule has 3 rings (SSSR count). The number of esters is 1. The van der Waals surface area contributed by atoms with E-state index in [4.69, 9.17) is 14.2 Å². The summed E-state index contributed by atoms with van der Waals surface area (Å²) in [6, 6.07) is 5.16. The van der Waals surface area contributed by atoms with Crippen LogP contribution in [0.5, 0.6) is 0 Å². The van der Waals surface area contributed by atoms with E-state index in [0.717, 1.165) is 17.5 Å². The Morgan fingerprint density at radius 3 is 2.58 bits per heavy atom. The van der Waals surface area contributed by atoms with E-state index in [-0.39, 0.29) is 13.0 Å². The van der Waals surface area contributed by atoms with E-state index < -0.39 is 35.9 Å². The SMILES string of the molecule is C=Cc1cccc2c1CN(C(=O)O[C@@H]1C[C@@H](C(=O)OC)N(C(=O)OC(C)(C)C)C1)CC2. The molecule has 0 spiro atoms. The molecule has 0 saturated carbocycles. The lowest BCUT2D eigenvalue weighted by Gasteiger charge is -2.30. The molecule has 8 nitrogen and oxygen atoms in total. The van der Waals surface area contributed by atoms with Gasteiger partial charge in [-0.3, -0.25) is 4.90 Å². The molecular formula is C23H30N2O6. The molecule has 1 aromatic rings. The number of likely N-dealkylation sites (tertiary alicyclic amines) is 1. The molecule has 2 atom stereocenters. The normalized spacial score (nSPS) is 20.6. The van der Waals surface area contributed by atoms with Gasteiger partial charge in [-0.15, -0.1) is 0 Å². The summed E-state index contributed by atoms with van der Waals surface area (Å²) in [5.41, 5.74) is 2.55. The van der Waals surface area contributed by atoms with Gasteiger partial charge >= 0.3 is 18.2 Å². The van der Waals surface area contributed by atoms with Gasteiger partial charge in [-0.25, -0.2) is 14.4 Å². The standard InChI is InChI=1S/C23H30N2O6/c1-6-15-8-7-9-16-10-11-24(14-18(15)16)21(27)30-17-12-19(20(26)29-5)25(13-17)22(28)31-23(2,3)4/h6-9,17,19H,1,10-14H2,2-5H3/t17-,19+/m1/s1. The summed E-state index contributed by atoms with van der Waals surface area (Å²) in [4.78, 5) is 40.5. The quantitative estimate of drug-likeness (QED) is 0.540. The Morgan fingerprint density at radius 2 is 1.94 bits per heavy atom. The second-order valence-corrected chi connectivity index (χ2v) is 8.77. The van der Waals surface area contributed by atoms with Crippen molar-refractivity contribution in [3.8, 4) is 0 Å². The van der Waals surface area contributed by atoms with Crippen molar-refractivity contribution in [1.82, 2.24) is 9.80 Å². The minimum Gasteiger partial charge on any atom is -0.467 e. The molecule has 0 radical (unpaired) electrons. The summed E-state index contributed by atoms with van der Waals surface area (Å²) in [5.74, 6) is -0.563. The minimum atomic E-state index is -0.855. The number of hydrogen-bond acceptors (Lipinski definition) is 6. The van der Waals surface area contributed by atoms with Crippen LogP contribution in [-0.4, -0.2) is 65.9 Å². The van der Waals surface area contributed by atoms with Crippen molar-refractivity contribution in [1.29, 1.82) is 0 Å².